The van der Waals surface area contributed by atoms with Gasteiger partial charge in [0.05, 0.1) is 6.26 Å². The Balaban J connectivity index is 2.41. The first-order valence-electron chi connectivity index (χ1n) is 6.73. The van der Waals surface area contributed by atoms with Crippen LogP contribution in [0.2, 0.25) is 0 Å². The summed E-state index contributed by atoms with van der Waals surface area (Å²) in [4.78, 5) is 2.36. The van der Waals surface area contributed by atoms with Gasteiger partial charge in [0.2, 0.25) is 0 Å². The van der Waals surface area contributed by atoms with Crippen molar-refractivity contribution in [1.82, 2.24) is 10.2 Å². The highest BCUT2D eigenvalue weighted by atomic mass is 16.3. The Kier molecular flexibility index (Phi) is 5.42. The van der Waals surface area contributed by atoms with Crippen molar-refractivity contribution >= 4 is 0 Å². The van der Waals surface area contributed by atoms with Gasteiger partial charge in [-0.3, -0.25) is 0 Å². The molecule has 0 fully saturated rings. The minimum Gasteiger partial charge on any atom is -0.469 e. The van der Waals surface area contributed by atoms with E-state index in [1.165, 1.54) is 5.56 Å². The summed E-state index contributed by atoms with van der Waals surface area (Å²) in [6, 6.07) is 2.61. The lowest BCUT2D eigenvalue weighted by Gasteiger charge is -2.31. The van der Waals surface area contributed by atoms with Crippen molar-refractivity contribution < 1.29 is 4.42 Å². The zero-order chi connectivity index (χ0) is 13.8. The monoisotopic (exact) mass is 252 g/mol. The number of furan rings is 1. The fraction of sp³-hybridized carbons (Fsp3) is 0.733. The molecule has 1 unspecified atom stereocenters. The molecule has 1 atom stereocenters. The van der Waals surface area contributed by atoms with E-state index in [1.807, 2.05) is 6.92 Å². The van der Waals surface area contributed by atoms with Gasteiger partial charge in [-0.05, 0) is 45.5 Å². The van der Waals surface area contributed by atoms with Gasteiger partial charge in [0.15, 0.2) is 0 Å². The number of nitrogens with zero attached hydrogens (tertiary/aromatic N) is 1. The van der Waals surface area contributed by atoms with Crippen molar-refractivity contribution in [2.45, 2.75) is 46.7 Å². The smallest absolute Gasteiger partial charge is 0.105 e. The van der Waals surface area contributed by atoms with Gasteiger partial charge in [0.25, 0.3) is 0 Å². The average molecular weight is 252 g/mol. The molecule has 0 aliphatic carbocycles. The Bertz CT molecular complexity index is 352. The molecule has 0 spiro atoms. The first-order valence-corrected chi connectivity index (χ1v) is 6.73. The number of hydrogen-bond donors (Lipinski definition) is 1. The quantitative estimate of drug-likeness (QED) is 0.843. The van der Waals surface area contributed by atoms with Gasteiger partial charge in [-0.15, -0.1) is 0 Å². The lowest BCUT2D eigenvalue weighted by Crippen LogP contribution is -2.40. The third-order valence-electron chi connectivity index (χ3n) is 3.60. The maximum atomic E-state index is 5.33. The maximum Gasteiger partial charge on any atom is 0.105 e. The molecule has 0 aliphatic heterocycles. The molecule has 1 heterocycles. The molecule has 3 heteroatoms. The molecule has 0 radical (unpaired) electrons. The Labute approximate surface area is 112 Å². The van der Waals surface area contributed by atoms with Crippen LogP contribution in [-0.2, 0) is 6.54 Å². The van der Waals surface area contributed by atoms with Crippen LogP contribution in [0.1, 0.15) is 38.5 Å². The van der Waals surface area contributed by atoms with Crippen LogP contribution in [0.15, 0.2) is 16.7 Å². The third kappa shape index (κ3) is 4.46. The number of hydrogen-bond acceptors (Lipinski definition) is 3. The summed E-state index contributed by atoms with van der Waals surface area (Å²) in [5.74, 6) is 1.03. The van der Waals surface area contributed by atoms with Crippen molar-refractivity contribution in [3.8, 4) is 0 Å². The molecule has 0 aliphatic rings. The van der Waals surface area contributed by atoms with E-state index in [-0.39, 0.29) is 0 Å². The molecule has 1 rings (SSSR count). The molecule has 0 aromatic carbocycles. The second-order valence-electron chi connectivity index (χ2n) is 6.24. The summed E-state index contributed by atoms with van der Waals surface area (Å²) in [7, 11) is 4.22. The molecular weight excluding hydrogens is 224 g/mol. The molecule has 1 aromatic heterocycles. The van der Waals surface area contributed by atoms with Crippen molar-refractivity contribution in [1.29, 1.82) is 0 Å². The SMILES string of the molecule is CNC(CCN(C)Cc1ccoc1C)C(C)(C)C. The summed E-state index contributed by atoms with van der Waals surface area (Å²) >= 11 is 0. The van der Waals surface area contributed by atoms with Crippen LogP contribution >= 0.6 is 0 Å². The predicted molar refractivity (Wildman–Crippen MR) is 76.7 cm³/mol. The molecule has 1 aromatic rings. The second kappa shape index (κ2) is 6.39. The molecule has 104 valence electrons. The highest BCUT2D eigenvalue weighted by Gasteiger charge is 2.22. The minimum atomic E-state index is 0.307. The van der Waals surface area contributed by atoms with Gasteiger partial charge in [0.1, 0.15) is 5.76 Å². The normalized spacial score (nSPS) is 14.2. The second-order valence-corrected chi connectivity index (χ2v) is 6.24. The minimum absolute atomic E-state index is 0.307. The highest BCUT2D eigenvalue weighted by Crippen LogP contribution is 2.22. The standard InChI is InChI=1S/C15H28N2O/c1-12-13(8-10-18-12)11-17(6)9-7-14(16-5)15(2,3)4/h8,10,14,16H,7,9,11H2,1-6H3. The lowest BCUT2D eigenvalue weighted by molar-refractivity contribution is 0.226. The Morgan fingerprint density at radius 2 is 2.06 bits per heavy atom. The van der Waals surface area contributed by atoms with E-state index in [0.717, 1.165) is 25.3 Å². The van der Waals surface area contributed by atoms with Gasteiger partial charge in [-0.1, -0.05) is 20.8 Å². The van der Waals surface area contributed by atoms with E-state index in [4.69, 9.17) is 4.42 Å². The fourth-order valence-electron chi connectivity index (χ4n) is 2.30. The fourth-order valence-corrected chi connectivity index (χ4v) is 2.30. The Morgan fingerprint density at radius 1 is 1.39 bits per heavy atom. The Hall–Kier alpha value is -0.800. The van der Waals surface area contributed by atoms with E-state index in [2.05, 4.69) is 51.1 Å². The third-order valence-corrected chi connectivity index (χ3v) is 3.60. The van der Waals surface area contributed by atoms with Crippen molar-refractivity contribution in [3.05, 3.63) is 23.7 Å². The van der Waals surface area contributed by atoms with Crippen LogP contribution in [0.5, 0.6) is 0 Å². The topological polar surface area (TPSA) is 28.4 Å². The average Bonchev–Trinajstić information content (AvgIpc) is 2.63. The maximum absolute atomic E-state index is 5.33. The van der Waals surface area contributed by atoms with Gasteiger partial charge < -0.3 is 14.6 Å². The molecule has 0 bridgehead atoms. The van der Waals surface area contributed by atoms with Gasteiger partial charge in [-0.25, -0.2) is 0 Å². The molecule has 0 saturated carbocycles. The molecule has 0 saturated heterocycles. The number of rotatable bonds is 6. The van der Waals surface area contributed by atoms with Crippen molar-refractivity contribution in [3.63, 3.8) is 0 Å². The summed E-state index contributed by atoms with van der Waals surface area (Å²) in [5, 5.41) is 3.42. The van der Waals surface area contributed by atoms with Gasteiger partial charge in [-0.2, -0.15) is 0 Å². The zero-order valence-corrected chi connectivity index (χ0v) is 12.7. The van der Waals surface area contributed by atoms with E-state index < -0.39 is 0 Å². The molecule has 3 nitrogen and oxygen atoms in total. The molecular formula is C15H28N2O. The van der Waals surface area contributed by atoms with Crippen LogP contribution in [0.3, 0.4) is 0 Å². The van der Waals surface area contributed by atoms with Crippen molar-refractivity contribution in [2.75, 3.05) is 20.6 Å². The first-order chi connectivity index (χ1) is 8.34. The van der Waals surface area contributed by atoms with E-state index in [9.17, 15) is 0 Å². The van der Waals surface area contributed by atoms with Crippen LogP contribution in [0.25, 0.3) is 0 Å². The van der Waals surface area contributed by atoms with Crippen LogP contribution in [0, 0.1) is 12.3 Å². The summed E-state index contributed by atoms with van der Waals surface area (Å²) < 4.78 is 5.33. The van der Waals surface area contributed by atoms with Gasteiger partial charge >= 0.3 is 0 Å². The van der Waals surface area contributed by atoms with E-state index in [1.54, 1.807) is 6.26 Å². The summed E-state index contributed by atoms with van der Waals surface area (Å²) in [6.45, 7) is 10.9. The van der Waals surface area contributed by atoms with Gasteiger partial charge in [0, 0.05) is 18.2 Å². The van der Waals surface area contributed by atoms with E-state index in [0.29, 0.717) is 11.5 Å². The molecule has 0 amide bonds. The summed E-state index contributed by atoms with van der Waals surface area (Å²) in [5.41, 5.74) is 1.59. The number of aryl methyl sites for hydroxylation is 1. The molecule has 1 N–H and O–H groups in total. The summed E-state index contributed by atoms with van der Waals surface area (Å²) in [6.07, 6.45) is 2.93. The lowest BCUT2D eigenvalue weighted by atomic mass is 9.85. The molecule has 18 heavy (non-hydrogen) atoms. The number of nitrogens with one attached hydrogen (secondary N) is 1. The van der Waals surface area contributed by atoms with Crippen molar-refractivity contribution in [2.24, 2.45) is 5.41 Å². The van der Waals surface area contributed by atoms with Crippen LogP contribution in [-0.4, -0.2) is 31.6 Å². The van der Waals surface area contributed by atoms with Crippen LogP contribution < -0.4 is 5.32 Å². The Morgan fingerprint density at radius 3 is 2.50 bits per heavy atom. The predicted octanol–water partition coefficient (Wildman–Crippen LogP) is 3.04. The largest absolute Gasteiger partial charge is 0.469 e. The highest BCUT2D eigenvalue weighted by molar-refractivity contribution is 5.14. The zero-order valence-electron chi connectivity index (χ0n) is 12.7. The van der Waals surface area contributed by atoms with Crippen LogP contribution in [0.4, 0.5) is 0 Å². The first kappa shape index (κ1) is 15.3. The van der Waals surface area contributed by atoms with E-state index >= 15 is 0 Å².